The molecule has 0 spiro atoms. The molecule has 0 radical (unpaired) electrons. The smallest absolute Gasteiger partial charge is 0.321 e. The number of benzene rings is 2. The van der Waals surface area contributed by atoms with Crippen molar-refractivity contribution in [2.45, 2.75) is 12.5 Å². The minimum Gasteiger partial charge on any atom is -0.338 e. The Morgan fingerprint density at radius 1 is 1.07 bits per heavy atom. The van der Waals surface area contributed by atoms with Crippen molar-refractivity contribution in [2.24, 2.45) is 0 Å². The van der Waals surface area contributed by atoms with E-state index < -0.39 is 0 Å². The molecule has 1 atom stereocenters. The van der Waals surface area contributed by atoms with E-state index in [9.17, 15) is 9.59 Å². The van der Waals surface area contributed by atoms with Gasteiger partial charge in [0.25, 0.3) is 5.91 Å². The number of urea groups is 1. The van der Waals surface area contributed by atoms with Crippen molar-refractivity contribution in [1.82, 2.24) is 15.5 Å². The summed E-state index contributed by atoms with van der Waals surface area (Å²) in [5, 5.41) is 6.87. The molecule has 2 aliphatic heterocycles. The first-order valence-electron chi connectivity index (χ1n) is 9.56. The molecule has 0 saturated carbocycles. The lowest BCUT2D eigenvalue weighted by Crippen LogP contribution is -2.49. The first kappa shape index (κ1) is 18.8. The van der Waals surface area contributed by atoms with Crippen LogP contribution < -0.4 is 15.5 Å². The highest BCUT2D eigenvalue weighted by atomic mass is 35.5. The second kappa shape index (κ2) is 8.20. The van der Waals surface area contributed by atoms with E-state index in [-0.39, 0.29) is 18.0 Å². The summed E-state index contributed by atoms with van der Waals surface area (Å²) in [5.74, 6) is -0.0363. The molecule has 2 aromatic rings. The number of carbonyl (C=O) groups excluding carboxylic acids is 2. The highest BCUT2D eigenvalue weighted by Crippen LogP contribution is 2.27. The summed E-state index contributed by atoms with van der Waals surface area (Å²) in [7, 11) is 0. The van der Waals surface area contributed by atoms with E-state index in [2.05, 4.69) is 10.6 Å². The van der Waals surface area contributed by atoms with Crippen LogP contribution in [0.4, 0.5) is 10.5 Å². The number of amides is 3. The van der Waals surface area contributed by atoms with Crippen LogP contribution in [0.15, 0.2) is 48.5 Å². The van der Waals surface area contributed by atoms with Crippen LogP contribution in [-0.2, 0) is 0 Å². The van der Waals surface area contributed by atoms with Crippen LogP contribution in [0.1, 0.15) is 28.4 Å². The molecule has 2 fully saturated rings. The average Bonchev–Trinajstić information content (AvgIpc) is 2.74. The van der Waals surface area contributed by atoms with Crippen LogP contribution in [0.3, 0.4) is 0 Å². The van der Waals surface area contributed by atoms with Gasteiger partial charge in [-0.2, -0.15) is 0 Å². The predicted octanol–water partition coefficient (Wildman–Crippen LogP) is 3.05. The quantitative estimate of drug-likeness (QED) is 0.835. The molecule has 4 rings (SSSR count). The van der Waals surface area contributed by atoms with Gasteiger partial charge < -0.3 is 15.5 Å². The zero-order chi connectivity index (χ0) is 19.5. The third kappa shape index (κ3) is 3.84. The Bertz CT molecular complexity index is 888. The molecule has 2 aromatic carbocycles. The lowest BCUT2D eigenvalue weighted by Gasteiger charge is -2.37. The van der Waals surface area contributed by atoms with Gasteiger partial charge >= 0.3 is 6.03 Å². The molecule has 2 N–H and O–H groups in total. The van der Waals surface area contributed by atoms with Crippen LogP contribution in [0.5, 0.6) is 0 Å². The first-order valence-corrected chi connectivity index (χ1v) is 9.94. The van der Waals surface area contributed by atoms with Gasteiger partial charge in [0.15, 0.2) is 0 Å². The van der Waals surface area contributed by atoms with E-state index in [1.54, 1.807) is 4.90 Å². The summed E-state index contributed by atoms with van der Waals surface area (Å²) in [5.41, 5.74) is 2.35. The zero-order valence-corrected chi connectivity index (χ0v) is 16.3. The van der Waals surface area contributed by atoms with E-state index in [1.807, 2.05) is 53.4 Å². The average molecular weight is 399 g/mol. The Kier molecular flexibility index (Phi) is 5.50. The van der Waals surface area contributed by atoms with Crippen molar-refractivity contribution in [3.8, 4) is 0 Å². The summed E-state index contributed by atoms with van der Waals surface area (Å²) < 4.78 is 0. The van der Waals surface area contributed by atoms with Gasteiger partial charge in [-0.25, -0.2) is 4.79 Å². The molecule has 0 bridgehead atoms. The number of hydrogen-bond acceptors (Lipinski definition) is 3. The minimum absolute atomic E-state index is 0.0363. The molecule has 6 nitrogen and oxygen atoms in total. The minimum atomic E-state index is -0.116. The Morgan fingerprint density at radius 2 is 1.93 bits per heavy atom. The fourth-order valence-corrected chi connectivity index (χ4v) is 4.01. The van der Waals surface area contributed by atoms with E-state index >= 15 is 0 Å². The summed E-state index contributed by atoms with van der Waals surface area (Å²) >= 11 is 6.16. The van der Waals surface area contributed by atoms with Crippen molar-refractivity contribution < 1.29 is 9.59 Å². The number of hydrogen-bond donors (Lipinski definition) is 2. The second-order valence-electron chi connectivity index (χ2n) is 7.06. The second-order valence-corrected chi connectivity index (χ2v) is 7.50. The van der Waals surface area contributed by atoms with E-state index in [4.69, 9.17) is 11.6 Å². The lowest BCUT2D eigenvalue weighted by atomic mass is 10.0. The maximum Gasteiger partial charge on any atom is 0.321 e. The van der Waals surface area contributed by atoms with Gasteiger partial charge in [0.2, 0.25) is 0 Å². The predicted molar refractivity (Wildman–Crippen MR) is 110 cm³/mol. The van der Waals surface area contributed by atoms with E-state index in [0.29, 0.717) is 36.8 Å². The van der Waals surface area contributed by atoms with Crippen molar-refractivity contribution in [1.29, 1.82) is 0 Å². The monoisotopic (exact) mass is 398 g/mol. The molecule has 2 heterocycles. The summed E-state index contributed by atoms with van der Waals surface area (Å²) in [6.07, 6.45) is 0.887. The maximum atomic E-state index is 13.3. The molecule has 0 aromatic heterocycles. The number of rotatable bonds is 3. The van der Waals surface area contributed by atoms with Crippen LogP contribution in [-0.4, -0.2) is 49.6 Å². The molecule has 7 heteroatoms. The number of nitrogens with zero attached hydrogens (tertiary/aromatic N) is 2. The standard InChI is InChI=1S/C21H23ClN4O2/c22-17-6-1-4-15(12-17)19-14-23-9-11-26(19)20(27)16-5-2-7-18(13-16)25-10-3-8-24-21(25)28/h1-2,4-7,12-13,19,23H,3,8-11,14H2,(H,24,28). The van der Waals surface area contributed by atoms with Crippen LogP contribution in [0, 0.1) is 0 Å². The normalized spacial score (nSPS) is 20.0. The largest absolute Gasteiger partial charge is 0.338 e. The molecule has 2 aliphatic rings. The molecule has 146 valence electrons. The highest BCUT2D eigenvalue weighted by molar-refractivity contribution is 6.30. The molecule has 1 unspecified atom stereocenters. The molecular formula is C21H23ClN4O2. The van der Waals surface area contributed by atoms with Gasteiger partial charge in [0, 0.05) is 49.0 Å². The number of anilines is 1. The Hall–Kier alpha value is -2.57. The molecular weight excluding hydrogens is 376 g/mol. The fourth-order valence-electron chi connectivity index (χ4n) is 3.81. The number of piperazine rings is 1. The molecule has 0 aliphatic carbocycles. The molecule has 2 saturated heterocycles. The molecule has 3 amide bonds. The van der Waals surface area contributed by atoms with Crippen LogP contribution in [0.25, 0.3) is 0 Å². The van der Waals surface area contributed by atoms with E-state index in [0.717, 1.165) is 24.2 Å². The van der Waals surface area contributed by atoms with Crippen molar-refractivity contribution in [3.05, 3.63) is 64.7 Å². The number of halogens is 1. The SMILES string of the molecule is O=C1NCCCN1c1cccc(C(=O)N2CCNCC2c2cccc(Cl)c2)c1. The van der Waals surface area contributed by atoms with Gasteiger partial charge in [0.1, 0.15) is 0 Å². The van der Waals surface area contributed by atoms with Crippen molar-refractivity contribution in [3.63, 3.8) is 0 Å². The summed E-state index contributed by atoms with van der Waals surface area (Å²) in [6.45, 7) is 3.39. The zero-order valence-electron chi connectivity index (χ0n) is 15.5. The molecule has 28 heavy (non-hydrogen) atoms. The van der Waals surface area contributed by atoms with Gasteiger partial charge in [-0.1, -0.05) is 29.8 Å². The Balaban J connectivity index is 1.60. The third-order valence-corrected chi connectivity index (χ3v) is 5.46. The Labute approximate surface area is 169 Å². The lowest BCUT2D eigenvalue weighted by molar-refractivity contribution is 0.0634. The Morgan fingerprint density at radius 3 is 2.75 bits per heavy atom. The van der Waals surface area contributed by atoms with Gasteiger partial charge in [0.05, 0.1) is 6.04 Å². The number of carbonyl (C=O) groups is 2. The van der Waals surface area contributed by atoms with E-state index in [1.165, 1.54) is 0 Å². The summed E-state index contributed by atoms with van der Waals surface area (Å²) in [4.78, 5) is 29.0. The maximum absolute atomic E-state index is 13.3. The fraction of sp³-hybridized carbons (Fsp3) is 0.333. The van der Waals surface area contributed by atoms with Gasteiger partial charge in [-0.15, -0.1) is 0 Å². The highest BCUT2D eigenvalue weighted by Gasteiger charge is 2.29. The first-order chi connectivity index (χ1) is 13.6. The van der Waals surface area contributed by atoms with Crippen molar-refractivity contribution in [2.75, 3.05) is 37.6 Å². The third-order valence-electron chi connectivity index (χ3n) is 5.22. The van der Waals surface area contributed by atoms with Gasteiger partial charge in [-0.3, -0.25) is 9.69 Å². The summed E-state index contributed by atoms with van der Waals surface area (Å²) in [6, 6.07) is 14.8. The number of nitrogens with one attached hydrogen (secondary N) is 2. The topological polar surface area (TPSA) is 64.7 Å². The van der Waals surface area contributed by atoms with Crippen LogP contribution >= 0.6 is 11.6 Å². The van der Waals surface area contributed by atoms with Crippen LogP contribution in [0.2, 0.25) is 5.02 Å². The van der Waals surface area contributed by atoms with Crippen molar-refractivity contribution >= 4 is 29.2 Å². The van der Waals surface area contributed by atoms with Gasteiger partial charge in [-0.05, 0) is 42.3 Å².